The minimum absolute atomic E-state index is 0.0694. The van der Waals surface area contributed by atoms with Gasteiger partial charge in [-0.1, -0.05) is 41.1 Å². The lowest BCUT2D eigenvalue weighted by Crippen LogP contribution is -2.20. The van der Waals surface area contributed by atoms with Gasteiger partial charge in [0.2, 0.25) is 0 Å². The normalized spacial score (nSPS) is 11.0. The van der Waals surface area contributed by atoms with E-state index >= 15 is 0 Å². The van der Waals surface area contributed by atoms with Gasteiger partial charge in [-0.05, 0) is 54.3 Å². The summed E-state index contributed by atoms with van der Waals surface area (Å²) in [7, 11) is 1.62. The number of thiazole rings is 1. The Morgan fingerprint density at radius 3 is 2.78 bits per heavy atom. The molecule has 1 heterocycles. The quantitative estimate of drug-likeness (QED) is 0.539. The zero-order chi connectivity index (χ0) is 19.6. The molecule has 0 spiro atoms. The summed E-state index contributed by atoms with van der Waals surface area (Å²) in [5.41, 5.74) is 2.95. The third-order valence-electron chi connectivity index (χ3n) is 4.11. The first kappa shape index (κ1) is 19.6. The van der Waals surface area contributed by atoms with Gasteiger partial charge in [0.1, 0.15) is 11.5 Å². The number of aromatic nitrogens is 1. The number of aryl methyl sites for hydroxylation is 1. The Hall–Kier alpha value is -2.12. The van der Waals surface area contributed by atoms with E-state index in [9.17, 15) is 4.79 Å². The number of halogens is 1. The number of nitrogens with one attached hydrogen (secondary N) is 1. The third-order valence-corrected chi connectivity index (χ3v) is 5.90. The molecule has 5 nitrogen and oxygen atoms in total. The van der Waals surface area contributed by atoms with Crippen molar-refractivity contribution in [1.82, 2.24) is 4.98 Å². The Balaban J connectivity index is 1.69. The van der Waals surface area contributed by atoms with Gasteiger partial charge >= 0.3 is 0 Å². The van der Waals surface area contributed by atoms with E-state index in [1.807, 2.05) is 37.3 Å². The molecule has 0 aliphatic carbocycles. The van der Waals surface area contributed by atoms with Crippen molar-refractivity contribution in [2.75, 3.05) is 19.0 Å². The fraction of sp³-hybridized carbons (Fsp3) is 0.300. The maximum absolute atomic E-state index is 12.3. The third kappa shape index (κ3) is 4.59. The molecule has 3 rings (SSSR count). The molecule has 1 aromatic heterocycles. The van der Waals surface area contributed by atoms with E-state index in [0.29, 0.717) is 11.0 Å². The monoisotopic (exact) mass is 448 g/mol. The number of hydrogen-bond acceptors (Lipinski definition) is 5. The molecule has 0 aliphatic heterocycles. The van der Waals surface area contributed by atoms with Crippen LogP contribution in [0.2, 0.25) is 0 Å². The van der Waals surface area contributed by atoms with Crippen molar-refractivity contribution in [3.63, 3.8) is 0 Å². The van der Waals surface area contributed by atoms with Gasteiger partial charge in [-0.15, -0.1) is 0 Å². The van der Waals surface area contributed by atoms with Crippen molar-refractivity contribution in [2.45, 2.75) is 26.7 Å². The number of rotatable bonds is 6. The highest BCUT2D eigenvalue weighted by Gasteiger charge is 2.14. The lowest BCUT2D eigenvalue weighted by atomic mass is 10.0. The minimum Gasteiger partial charge on any atom is -0.497 e. The van der Waals surface area contributed by atoms with Crippen molar-refractivity contribution in [2.24, 2.45) is 0 Å². The van der Waals surface area contributed by atoms with Crippen molar-refractivity contribution < 1.29 is 14.3 Å². The van der Waals surface area contributed by atoms with Gasteiger partial charge in [0.15, 0.2) is 11.7 Å². The van der Waals surface area contributed by atoms with E-state index in [4.69, 9.17) is 9.47 Å². The second-order valence-corrected chi connectivity index (χ2v) is 8.37. The Kier molecular flexibility index (Phi) is 6.01. The van der Waals surface area contributed by atoms with Crippen LogP contribution in [0.4, 0.5) is 5.13 Å². The van der Waals surface area contributed by atoms with Gasteiger partial charge in [-0.25, -0.2) is 4.98 Å². The number of nitrogens with zero attached hydrogens (tertiary/aromatic N) is 1. The van der Waals surface area contributed by atoms with Gasteiger partial charge < -0.3 is 9.47 Å². The highest BCUT2D eigenvalue weighted by molar-refractivity contribution is 9.10. The number of fused-ring (bicyclic) bond motifs is 1. The van der Waals surface area contributed by atoms with Crippen molar-refractivity contribution in [1.29, 1.82) is 0 Å². The van der Waals surface area contributed by atoms with Crippen LogP contribution in [0.15, 0.2) is 34.8 Å². The largest absolute Gasteiger partial charge is 0.497 e. The summed E-state index contributed by atoms with van der Waals surface area (Å²) in [5, 5.41) is 3.35. The number of carbonyl (C=O) groups is 1. The van der Waals surface area contributed by atoms with E-state index in [1.165, 1.54) is 11.3 Å². The molecular formula is C20H21BrN2O3S. The number of benzene rings is 2. The van der Waals surface area contributed by atoms with Crippen LogP contribution in [0, 0.1) is 6.92 Å². The highest BCUT2D eigenvalue weighted by Crippen LogP contribution is 2.32. The van der Waals surface area contributed by atoms with Crippen molar-refractivity contribution >= 4 is 48.5 Å². The molecule has 1 N–H and O–H groups in total. The highest BCUT2D eigenvalue weighted by atomic mass is 79.9. The van der Waals surface area contributed by atoms with E-state index in [2.05, 4.69) is 40.1 Å². The molecule has 0 bridgehead atoms. The number of ether oxygens (including phenoxy) is 2. The van der Waals surface area contributed by atoms with Gasteiger partial charge in [0, 0.05) is 4.47 Å². The standard InChI is InChI=1S/C20H21BrN2O3S/c1-11(2)14-9-15(21)12(3)7-17(14)26-10-19(24)23-20-22-16-6-5-13(25-4)8-18(16)27-20/h5-9,11H,10H2,1-4H3,(H,22,23,24). The molecule has 0 unspecified atom stereocenters. The Bertz CT molecular complexity index is 985. The zero-order valence-corrected chi connectivity index (χ0v) is 18.0. The molecule has 1 amide bonds. The summed E-state index contributed by atoms with van der Waals surface area (Å²) >= 11 is 4.95. The summed E-state index contributed by atoms with van der Waals surface area (Å²) in [6.45, 7) is 6.12. The average Bonchev–Trinajstić information content (AvgIpc) is 3.03. The van der Waals surface area contributed by atoms with Crippen LogP contribution >= 0.6 is 27.3 Å². The lowest BCUT2D eigenvalue weighted by Gasteiger charge is -2.15. The molecule has 27 heavy (non-hydrogen) atoms. The Morgan fingerprint density at radius 2 is 2.07 bits per heavy atom. The fourth-order valence-corrected chi connectivity index (χ4v) is 3.90. The lowest BCUT2D eigenvalue weighted by molar-refractivity contribution is -0.118. The first-order valence-electron chi connectivity index (χ1n) is 8.54. The summed E-state index contributed by atoms with van der Waals surface area (Å²) in [6, 6.07) is 9.62. The molecular weight excluding hydrogens is 428 g/mol. The van der Waals surface area contributed by atoms with Crippen LogP contribution in [0.3, 0.4) is 0 Å². The maximum Gasteiger partial charge on any atom is 0.264 e. The second kappa shape index (κ2) is 8.27. The number of amides is 1. The van der Waals surface area contributed by atoms with Crippen LogP contribution in [0.25, 0.3) is 10.2 Å². The van der Waals surface area contributed by atoms with Crippen molar-refractivity contribution in [3.05, 3.63) is 45.9 Å². The maximum atomic E-state index is 12.3. The van der Waals surface area contributed by atoms with E-state index in [1.54, 1.807) is 7.11 Å². The number of carbonyl (C=O) groups excluding carboxylic acids is 1. The molecule has 0 saturated carbocycles. The smallest absolute Gasteiger partial charge is 0.264 e. The van der Waals surface area contributed by atoms with E-state index < -0.39 is 0 Å². The van der Waals surface area contributed by atoms with Crippen LogP contribution in [-0.2, 0) is 4.79 Å². The predicted octanol–water partition coefficient (Wildman–Crippen LogP) is 5.52. The summed E-state index contributed by atoms with van der Waals surface area (Å²) in [5.74, 6) is 1.55. The molecule has 0 atom stereocenters. The van der Waals surface area contributed by atoms with Crippen LogP contribution in [0.5, 0.6) is 11.5 Å². The van der Waals surface area contributed by atoms with E-state index in [0.717, 1.165) is 37.3 Å². The molecule has 0 radical (unpaired) electrons. The molecule has 0 fully saturated rings. The Labute approximate surface area is 170 Å². The second-order valence-electron chi connectivity index (χ2n) is 6.48. The Morgan fingerprint density at radius 1 is 1.30 bits per heavy atom. The van der Waals surface area contributed by atoms with Gasteiger partial charge in [0.05, 0.1) is 17.3 Å². The summed E-state index contributed by atoms with van der Waals surface area (Å²) < 4.78 is 13.0. The fourth-order valence-electron chi connectivity index (χ4n) is 2.63. The topological polar surface area (TPSA) is 60.5 Å². The first-order valence-corrected chi connectivity index (χ1v) is 10.2. The predicted molar refractivity (Wildman–Crippen MR) is 113 cm³/mol. The molecule has 3 aromatic rings. The zero-order valence-electron chi connectivity index (χ0n) is 15.6. The number of hydrogen-bond donors (Lipinski definition) is 1. The van der Waals surface area contributed by atoms with Crippen molar-refractivity contribution in [3.8, 4) is 11.5 Å². The summed E-state index contributed by atoms with van der Waals surface area (Å²) in [6.07, 6.45) is 0. The molecule has 2 aromatic carbocycles. The van der Waals surface area contributed by atoms with E-state index in [-0.39, 0.29) is 12.5 Å². The van der Waals surface area contributed by atoms with Crippen LogP contribution in [0.1, 0.15) is 30.9 Å². The SMILES string of the molecule is COc1ccc2nc(NC(=O)COc3cc(C)c(Br)cc3C(C)C)sc2c1. The first-order chi connectivity index (χ1) is 12.9. The van der Waals surface area contributed by atoms with Gasteiger partial charge in [-0.2, -0.15) is 0 Å². The number of anilines is 1. The molecule has 7 heteroatoms. The van der Waals surface area contributed by atoms with Gasteiger partial charge in [-0.3, -0.25) is 10.1 Å². The molecule has 0 aliphatic rings. The van der Waals surface area contributed by atoms with Crippen LogP contribution < -0.4 is 14.8 Å². The summed E-state index contributed by atoms with van der Waals surface area (Å²) in [4.78, 5) is 16.7. The molecule has 0 saturated heterocycles. The molecule has 142 valence electrons. The minimum atomic E-state index is -0.240. The van der Waals surface area contributed by atoms with Crippen LogP contribution in [-0.4, -0.2) is 24.6 Å². The average molecular weight is 449 g/mol. The van der Waals surface area contributed by atoms with Gasteiger partial charge in [0.25, 0.3) is 5.91 Å². The number of methoxy groups -OCH3 is 1.